The highest BCUT2D eigenvalue weighted by Crippen LogP contribution is 2.31. The average Bonchev–Trinajstić information content (AvgIpc) is 2.53. The van der Waals surface area contributed by atoms with Crippen molar-refractivity contribution in [2.75, 3.05) is 18.5 Å². The molecule has 1 aromatic rings. The number of hydrogen-bond donors (Lipinski definition) is 1. The van der Waals surface area contributed by atoms with E-state index in [0.717, 1.165) is 19.3 Å². The van der Waals surface area contributed by atoms with E-state index in [2.05, 4.69) is 4.98 Å². The molecule has 1 aliphatic rings. The summed E-state index contributed by atoms with van der Waals surface area (Å²) < 4.78 is 0. The number of hydrogen-bond acceptors (Lipinski definition) is 6. The van der Waals surface area contributed by atoms with Crippen molar-refractivity contribution in [1.29, 1.82) is 5.26 Å². The monoisotopic (exact) mass is 289 g/mol. The lowest BCUT2D eigenvalue weighted by Crippen LogP contribution is -2.43. The van der Waals surface area contributed by atoms with Crippen LogP contribution >= 0.6 is 0 Å². The molecule has 0 radical (unpaired) electrons. The molecule has 0 spiro atoms. The molecule has 2 atom stereocenters. The summed E-state index contributed by atoms with van der Waals surface area (Å²) in [5.41, 5.74) is 5.91. The van der Waals surface area contributed by atoms with Crippen LogP contribution < -0.4 is 10.6 Å². The fourth-order valence-corrected chi connectivity index (χ4v) is 3.04. The molecule has 0 aromatic carbocycles. The summed E-state index contributed by atoms with van der Waals surface area (Å²) in [5, 5.41) is 20.0. The summed E-state index contributed by atoms with van der Waals surface area (Å²) in [6, 6.07) is 3.51. The maximum absolute atomic E-state index is 10.8. The van der Waals surface area contributed by atoms with Gasteiger partial charge < -0.3 is 10.6 Å². The molecular formula is C14H19N5O2. The van der Waals surface area contributed by atoms with Crippen LogP contribution in [0.1, 0.15) is 31.2 Å². The average molecular weight is 289 g/mol. The Bertz CT molecular complexity index is 569. The van der Waals surface area contributed by atoms with Crippen LogP contribution in [0.3, 0.4) is 0 Å². The number of rotatable bonds is 4. The van der Waals surface area contributed by atoms with Crippen LogP contribution in [0, 0.1) is 27.4 Å². The van der Waals surface area contributed by atoms with Gasteiger partial charge in [0.15, 0.2) is 0 Å². The zero-order valence-electron chi connectivity index (χ0n) is 12.0. The summed E-state index contributed by atoms with van der Waals surface area (Å²) in [4.78, 5) is 16.3. The van der Waals surface area contributed by atoms with Gasteiger partial charge in [0, 0.05) is 19.2 Å². The van der Waals surface area contributed by atoms with Gasteiger partial charge in [0.25, 0.3) is 5.69 Å². The first-order chi connectivity index (χ1) is 10.1. The van der Waals surface area contributed by atoms with Crippen molar-refractivity contribution in [2.24, 2.45) is 11.7 Å². The molecule has 0 bridgehead atoms. The molecule has 7 heteroatoms. The van der Waals surface area contributed by atoms with E-state index in [1.807, 2.05) is 18.0 Å². The summed E-state index contributed by atoms with van der Waals surface area (Å²) >= 11 is 0. The molecule has 2 N–H and O–H groups in total. The highest BCUT2D eigenvalue weighted by molar-refractivity contribution is 5.57. The first kappa shape index (κ1) is 15.2. The van der Waals surface area contributed by atoms with Gasteiger partial charge in [-0.25, -0.2) is 4.98 Å². The molecule has 1 saturated carbocycles. The number of aromatic nitrogens is 1. The lowest BCUT2D eigenvalue weighted by Gasteiger charge is -2.38. The molecule has 0 amide bonds. The van der Waals surface area contributed by atoms with Crippen LogP contribution in [0.15, 0.2) is 12.3 Å². The molecule has 21 heavy (non-hydrogen) atoms. The minimum Gasteiger partial charge on any atom is -0.355 e. The predicted molar refractivity (Wildman–Crippen MR) is 78.8 cm³/mol. The highest BCUT2D eigenvalue weighted by Gasteiger charge is 2.29. The van der Waals surface area contributed by atoms with Crippen LogP contribution in [-0.2, 0) is 0 Å². The van der Waals surface area contributed by atoms with Gasteiger partial charge in [-0.05, 0) is 25.3 Å². The second kappa shape index (κ2) is 6.50. The minimum absolute atomic E-state index is 0.164. The topological polar surface area (TPSA) is 109 Å². The number of nitro groups is 1. The van der Waals surface area contributed by atoms with Gasteiger partial charge in [-0.1, -0.05) is 12.8 Å². The zero-order valence-corrected chi connectivity index (χ0v) is 12.0. The molecule has 1 heterocycles. The van der Waals surface area contributed by atoms with E-state index in [0.29, 0.717) is 18.3 Å². The Hall–Kier alpha value is -2.20. The van der Waals surface area contributed by atoms with Crippen LogP contribution in [0.4, 0.5) is 11.5 Å². The maximum atomic E-state index is 10.8. The molecule has 0 aliphatic heterocycles. The lowest BCUT2D eigenvalue weighted by molar-refractivity contribution is -0.385. The molecule has 112 valence electrons. The fourth-order valence-electron chi connectivity index (χ4n) is 3.04. The summed E-state index contributed by atoms with van der Waals surface area (Å²) in [7, 11) is 1.88. The van der Waals surface area contributed by atoms with Gasteiger partial charge >= 0.3 is 0 Å². The van der Waals surface area contributed by atoms with Gasteiger partial charge in [0.1, 0.15) is 23.6 Å². The summed E-state index contributed by atoms with van der Waals surface area (Å²) in [6.45, 7) is 0.601. The molecule has 0 saturated heterocycles. The SMILES string of the molecule is CN(c1ncc([N+](=O)[O-])cc1C#N)C1CCCCC1CN. The zero-order chi connectivity index (χ0) is 15.4. The van der Waals surface area contributed by atoms with Crippen LogP contribution in [-0.4, -0.2) is 29.5 Å². The van der Waals surface area contributed by atoms with Crippen molar-refractivity contribution < 1.29 is 4.92 Å². The third-order valence-corrected chi connectivity index (χ3v) is 4.19. The third kappa shape index (κ3) is 3.11. The number of pyridine rings is 1. The number of nitrogens with two attached hydrogens (primary N) is 1. The first-order valence-electron chi connectivity index (χ1n) is 7.06. The van der Waals surface area contributed by atoms with Gasteiger partial charge in [0.2, 0.25) is 0 Å². The Labute approximate surface area is 123 Å². The van der Waals surface area contributed by atoms with E-state index in [1.165, 1.54) is 18.7 Å². The fraction of sp³-hybridized carbons (Fsp3) is 0.571. The van der Waals surface area contributed by atoms with Crippen molar-refractivity contribution >= 4 is 11.5 Å². The van der Waals surface area contributed by atoms with E-state index in [9.17, 15) is 15.4 Å². The van der Waals surface area contributed by atoms with Crippen molar-refractivity contribution in [3.05, 3.63) is 27.9 Å². The Morgan fingerprint density at radius 1 is 1.57 bits per heavy atom. The van der Waals surface area contributed by atoms with E-state index < -0.39 is 4.92 Å². The van der Waals surface area contributed by atoms with E-state index in [4.69, 9.17) is 5.73 Å². The summed E-state index contributed by atoms with van der Waals surface area (Å²) in [5.74, 6) is 0.862. The number of nitrogens with zero attached hydrogens (tertiary/aromatic N) is 4. The number of nitriles is 1. The normalized spacial score (nSPS) is 21.6. The molecule has 1 aromatic heterocycles. The molecule has 2 unspecified atom stereocenters. The van der Waals surface area contributed by atoms with Crippen LogP contribution in [0.2, 0.25) is 0 Å². The molecule has 1 fully saturated rings. The second-order valence-corrected chi connectivity index (χ2v) is 5.39. The maximum Gasteiger partial charge on any atom is 0.289 e. The van der Waals surface area contributed by atoms with Crippen LogP contribution in [0.5, 0.6) is 0 Å². The third-order valence-electron chi connectivity index (χ3n) is 4.19. The Morgan fingerprint density at radius 3 is 2.90 bits per heavy atom. The van der Waals surface area contributed by atoms with Crippen molar-refractivity contribution in [1.82, 2.24) is 4.98 Å². The summed E-state index contributed by atoms with van der Waals surface area (Å²) in [6.07, 6.45) is 5.57. The van der Waals surface area contributed by atoms with E-state index in [1.54, 1.807) is 0 Å². The quantitative estimate of drug-likeness (QED) is 0.668. The van der Waals surface area contributed by atoms with Gasteiger partial charge in [-0.2, -0.15) is 5.26 Å². The van der Waals surface area contributed by atoms with E-state index in [-0.39, 0.29) is 17.3 Å². The molecule has 1 aliphatic carbocycles. The van der Waals surface area contributed by atoms with Gasteiger partial charge in [-0.3, -0.25) is 10.1 Å². The standard InChI is InChI=1S/C14H19N5O2/c1-18(13-5-3-2-4-10(13)7-15)14-11(8-16)6-12(9-17-14)19(20)21/h6,9-10,13H,2-5,7,15H2,1H3. The first-order valence-corrected chi connectivity index (χ1v) is 7.06. The highest BCUT2D eigenvalue weighted by atomic mass is 16.6. The Kier molecular flexibility index (Phi) is 4.70. The Balaban J connectivity index is 2.32. The van der Waals surface area contributed by atoms with Gasteiger partial charge in [-0.15, -0.1) is 0 Å². The van der Waals surface area contributed by atoms with Crippen molar-refractivity contribution in [3.8, 4) is 6.07 Å². The predicted octanol–water partition coefficient (Wildman–Crippen LogP) is 1.82. The second-order valence-electron chi connectivity index (χ2n) is 5.39. The van der Waals surface area contributed by atoms with Crippen molar-refractivity contribution in [2.45, 2.75) is 31.7 Å². The van der Waals surface area contributed by atoms with Crippen molar-refractivity contribution in [3.63, 3.8) is 0 Å². The van der Waals surface area contributed by atoms with Gasteiger partial charge in [0.05, 0.1) is 4.92 Å². The smallest absolute Gasteiger partial charge is 0.289 e. The largest absolute Gasteiger partial charge is 0.355 e. The molecule has 2 rings (SSSR count). The molecular weight excluding hydrogens is 270 g/mol. The Morgan fingerprint density at radius 2 is 2.29 bits per heavy atom. The van der Waals surface area contributed by atoms with E-state index >= 15 is 0 Å². The molecule has 7 nitrogen and oxygen atoms in total. The minimum atomic E-state index is -0.541. The lowest BCUT2D eigenvalue weighted by atomic mass is 9.83. The number of anilines is 1. The van der Waals surface area contributed by atoms with Crippen LogP contribution in [0.25, 0.3) is 0 Å².